The number of carbonyl (C=O) groups is 1. The molecule has 1 rings (SSSR count). The number of carbonyl (C=O) groups excluding carboxylic acids is 1. The van der Waals surface area contributed by atoms with Crippen LogP contribution in [0.2, 0.25) is 0 Å². The van der Waals surface area contributed by atoms with Gasteiger partial charge in [0, 0.05) is 6.54 Å². The summed E-state index contributed by atoms with van der Waals surface area (Å²) in [7, 11) is 0. The molecule has 1 saturated heterocycles. The van der Waals surface area contributed by atoms with Crippen molar-refractivity contribution in [2.75, 3.05) is 19.6 Å². The van der Waals surface area contributed by atoms with Crippen LogP contribution < -0.4 is 11.5 Å². The van der Waals surface area contributed by atoms with E-state index < -0.39 is 11.9 Å². The molecule has 1 amide bonds. The van der Waals surface area contributed by atoms with Gasteiger partial charge in [0.15, 0.2) is 0 Å². The SMILES string of the molecule is CCC1(CC)CCN(CCC(N)C(N)=O)CC1. The molecular formula is C13H27N3O. The normalized spacial score (nSPS) is 22.3. The van der Waals surface area contributed by atoms with Gasteiger partial charge in [-0.15, -0.1) is 0 Å². The Morgan fingerprint density at radius 1 is 1.29 bits per heavy atom. The number of piperidine rings is 1. The van der Waals surface area contributed by atoms with Crippen molar-refractivity contribution in [2.45, 2.75) is 52.0 Å². The highest BCUT2D eigenvalue weighted by Crippen LogP contribution is 2.37. The van der Waals surface area contributed by atoms with Crippen LogP contribution >= 0.6 is 0 Å². The summed E-state index contributed by atoms with van der Waals surface area (Å²) in [6, 6.07) is -0.487. The van der Waals surface area contributed by atoms with Crippen LogP contribution in [0.25, 0.3) is 0 Å². The molecular weight excluding hydrogens is 214 g/mol. The lowest BCUT2D eigenvalue weighted by atomic mass is 9.74. The number of hydrogen-bond acceptors (Lipinski definition) is 3. The Balaban J connectivity index is 2.30. The molecule has 4 nitrogen and oxygen atoms in total. The zero-order valence-electron chi connectivity index (χ0n) is 11.2. The number of amides is 1. The number of rotatable bonds is 6. The molecule has 1 heterocycles. The Morgan fingerprint density at radius 2 is 1.82 bits per heavy atom. The van der Waals surface area contributed by atoms with Crippen LogP contribution in [-0.4, -0.2) is 36.5 Å². The van der Waals surface area contributed by atoms with E-state index in [9.17, 15) is 4.79 Å². The summed E-state index contributed by atoms with van der Waals surface area (Å²) in [5.41, 5.74) is 11.4. The minimum absolute atomic E-state index is 0.390. The maximum atomic E-state index is 10.8. The molecule has 17 heavy (non-hydrogen) atoms. The average Bonchev–Trinajstić information content (AvgIpc) is 2.36. The fourth-order valence-electron chi connectivity index (χ4n) is 2.67. The van der Waals surface area contributed by atoms with Crippen molar-refractivity contribution >= 4 is 5.91 Å². The molecule has 100 valence electrons. The summed E-state index contributed by atoms with van der Waals surface area (Å²) in [6.07, 6.45) is 5.77. The summed E-state index contributed by atoms with van der Waals surface area (Å²) >= 11 is 0. The maximum Gasteiger partial charge on any atom is 0.234 e. The third-order valence-electron chi connectivity index (χ3n) is 4.54. The first kappa shape index (κ1) is 14.5. The van der Waals surface area contributed by atoms with Gasteiger partial charge in [0.25, 0.3) is 0 Å². The largest absolute Gasteiger partial charge is 0.368 e. The van der Waals surface area contributed by atoms with Crippen molar-refractivity contribution in [2.24, 2.45) is 16.9 Å². The van der Waals surface area contributed by atoms with Gasteiger partial charge in [-0.05, 0) is 37.8 Å². The van der Waals surface area contributed by atoms with Gasteiger partial charge >= 0.3 is 0 Å². The van der Waals surface area contributed by atoms with E-state index in [4.69, 9.17) is 11.5 Å². The van der Waals surface area contributed by atoms with Gasteiger partial charge in [-0.2, -0.15) is 0 Å². The van der Waals surface area contributed by atoms with Crippen LogP contribution in [0.1, 0.15) is 46.0 Å². The standard InChI is InChI=1S/C13H27N3O/c1-3-13(4-2)6-9-16(10-7-13)8-5-11(14)12(15)17/h11H,3-10,14H2,1-2H3,(H2,15,17). The van der Waals surface area contributed by atoms with Gasteiger partial charge in [-0.25, -0.2) is 0 Å². The predicted molar refractivity (Wildman–Crippen MR) is 70.5 cm³/mol. The van der Waals surface area contributed by atoms with Gasteiger partial charge in [-0.1, -0.05) is 26.7 Å². The molecule has 4 heteroatoms. The first-order chi connectivity index (χ1) is 8.03. The summed E-state index contributed by atoms with van der Waals surface area (Å²) in [5, 5.41) is 0. The van der Waals surface area contributed by atoms with Gasteiger partial charge in [0.05, 0.1) is 6.04 Å². The van der Waals surface area contributed by atoms with Crippen LogP contribution in [0.5, 0.6) is 0 Å². The van der Waals surface area contributed by atoms with Gasteiger partial charge in [-0.3, -0.25) is 4.79 Å². The monoisotopic (exact) mass is 241 g/mol. The van der Waals surface area contributed by atoms with Crippen LogP contribution in [0, 0.1) is 5.41 Å². The topological polar surface area (TPSA) is 72.3 Å². The summed E-state index contributed by atoms with van der Waals surface area (Å²) in [5.74, 6) is -0.390. The molecule has 0 bridgehead atoms. The van der Waals surface area contributed by atoms with Crippen molar-refractivity contribution in [1.29, 1.82) is 0 Å². The lowest BCUT2D eigenvalue weighted by Gasteiger charge is -2.41. The van der Waals surface area contributed by atoms with E-state index in [1.807, 2.05) is 0 Å². The second kappa shape index (κ2) is 6.36. The predicted octanol–water partition coefficient (Wildman–Crippen LogP) is 1.09. The van der Waals surface area contributed by atoms with E-state index in [0.717, 1.165) is 19.6 Å². The Morgan fingerprint density at radius 3 is 2.24 bits per heavy atom. The first-order valence-corrected chi connectivity index (χ1v) is 6.80. The molecule has 0 aromatic carbocycles. The maximum absolute atomic E-state index is 10.8. The number of hydrogen-bond donors (Lipinski definition) is 2. The minimum atomic E-state index is -0.487. The lowest BCUT2D eigenvalue weighted by Crippen LogP contribution is -2.43. The number of likely N-dealkylation sites (tertiary alicyclic amines) is 1. The fraction of sp³-hybridized carbons (Fsp3) is 0.923. The van der Waals surface area contributed by atoms with Gasteiger partial charge in [0.1, 0.15) is 0 Å². The molecule has 1 atom stereocenters. The zero-order valence-corrected chi connectivity index (χ0v) is 11.2. The van der Waals surface area contributed by atoms with Crippen molar-refractivity contribution in [3.8, 4) is 0 Å². The molecule has 0 aromatic rings. The Labute approximate surface area is 105 Å². The van der Waals surface area contributed by atoms with Crippen molar-refractivity contribution < 1.29 is 4.79 Å². The van der Waals surface area contributed by atoms with E-state index in [-0.39, 0.29) is 0 Å². The Kier molecular flexibility index (Phi) is 5.40. The smallest absolute Gasteiger partial charge is 0.234 e. The molecule has 1 aliphatic heterocycles. The highest BCUT2D eigenvalue weighted by Gasteiger charge is 2.31. The van der Waals surface area contributed by atoms with E-state index >= 15 is 0 Å². The van der Waals surface area contributed by atoms with Gasteiger partial charge < -0.3 is 16.4 Å². The summed E-state index contributed by atoms with van der Waals surface area (Å²) in [6.45, 7) is 7.75. The molecule has 1 unspecified atom stereocenters. The molecule has 4 N–H and O–H groups in total. The second-order valence-electron chi connectivity index (χ2n) is 5.35. The molecule has 1 fully saturated rings. The number of nitrogens with two attached hydrogens (primary N) is 2. The van der Waals surface area contributed by atoms with Crippen LogP contribution in [0.4, 0.5) is 0 Å². The highest BCUT2D eigenvalue weighted by atomic mass is 16.1. The van der Waals surface area contributed by atoms with Crippen molar-refractivity contribution in [3.63, 3.8) is 0 Å². The molecule has 0 aromatic heterocycles. The Bertz CT molecular complexity index is 241. The van der Waals surface area contributed by atoms with Crippen molar-refractivity contribution in [3.05, 3.63) is 0 Å². The molecule has 0 aliphatic carbocycles. The summed E-state index contributed by atoms with van der Waals surface area (Å²) in [4.78, 5) is 13.3. The fourth-order valence-corrected chi connectivity index (χ4v) is 2.67. The number of primary amides is 1. The third kappa shape index (κ3) is 3.96. The van der Waals surface area contributed by atoms with E-state index in [2.05, 4.69) is 18.7 Å². The van der Waals surface area contributed by atoms with Gasteiger partial charge in [0.2, 0.25) is 5.91 Å². The second-order valence-corrected chi connectivity index (χ2v) is 5.35. The quantitative estimate of drug-likeness (QED) is 0.731. The molecule has 1 aliphatic rings. The first-order valence-electron chi connectivity index (χ1n) is 6.80. The Hall–Kier alpha value is -0.610. The molecule has 0 saturated carbocycles. The van der Waals surface area contributed by atoms with Crippen LogP contribution in [0.3, 0.4) is 0 Å². The molecule has 0 spiro atoms. The number of nitrogens with zero attached hydrogens (tertiary/aromatic N) is 1. The average molecular weight is 241 g/mol. The van der Waals surface area contributed by atoms with Crippen molar-refractivity contribution in [1.82, 2.24) is 4.90 Å². The zero-order chi connectivity index (χ0) is 12.9. The third-order valence-corrected chi connectivity index (χ3v) is 4.54. The summed E-state index contributed by atoms with van der Waals surface area (Å²) < 4.78 is 0. The minimum Gasteiger partial charge on any atom is -0.368 e. The van der Waals surface area contributed by atoms with Crippen LogP contribution in [-0.2, 0) is 4.79 Å². The van der Waals surface area contributed by atoms with E-state index in [0.29, 0.717) is 11.8 Å². The van der Waals surface area contributed by atoms with E-state index in [1.165, 1.54) is 25.7 Å². The lowest BCUT2D eigenvalue weighted by molar-refractivity contribution is -0.119. The van der Waals surface area contributed by atoms with Crippen LogP contribution in [0.15, 0.2) is 0 Å². The van der Waals surface area contributed by atoms with E-state index in [1.54, 1.807) is 0 Å². The highest BCUT2D eigenvalue weighted by molar-refractivity contribution is 5.79. The molecule has 0 radical (unpaired) electrons.